The summed E-state index contributed by atoms with van der Waals surface area (Å²) < 4.78 is 2.36. The van der Waals surface area contributed by atoms with Gasteiger partial charge in [-0.05, 0) is 67.9 Å². The molecule has 7 heteroatoms. The summed E-state index contributed by atoms with van der Waals surface area (Å²) in [5.41, 5.74) is 4.14. The van der Waals surface area contributed by atoms with E-state index in [-0.39, 0.29) is 18.0 Å². The van der Waals surface area contributed by atoms with Crippen LogP contribution in [0.3, 0.4) is 0 Å². The van der Waals surface area contributed by atoms with Crippen LogP contribution in [0, 0.1) is 6.92 Å². The van der Waals surface area contributed by atoms with Crippen LogP contribution in [0.2, 0.25) is 0 Å². The van der Waals surface area contributed by atoms with Crippen molar-refractivity contribution in [3.8, 4) is 0 Å². The number of pyridine rings is 1. The maximum atomic E-state index is 12.7. The van der Waals surface area contributed by atoms with Gasteiger partial charge >= 0.3 is 0 Å². The van der Waals surface area contributed by atoms with Crippen molar-refractivity contribution >= 4 is 28.9 Å². The van der Waals surface area contributed by atoms with E-state index in [4.69, 9.17) is 12.2 Å². The summed E-state index contributed by atoms with van der Waals surface area (Å²) in [4.78, 5) is 19.5. The van der Waals surface area contributed by atoms with Crippen molar-refractivity contribution in [3.05, 3.63) is 83.9 Å². The molecule has 1 saturated carbocycles. The van der Waals surface area contributed by atoms with Gasteiger partial charge in [0.25, 0.3) is 0 Å². The van der Waals surface area contributed by atoms with Gasteiger partial charge in [-0.25, -0.2) is 0 Å². The smallest absolute Gasteiger partial charge is 0.226 e. The van der Waals surface area contributed by atoms with E-state index in [1.165, 1.54) is 36.8 Å². The van der Waals surface area contributed by atoms with Gasteiger partial charge in [-0.2, -0.15) is 0 Å². The highest BCUT2D eigenvalue weighted by molar-refractivity contribution is 7.80. The van der Waals surface area contributed by atoms with E-state index in [0.29, 0.717) is 24.1 Å². The van der Waals surface area contributed by atoms with Crippen molar-refractivity contribution in [2.75, 3.05) is 11.9 Å². The summed E-state index contributed by atoms with van der Waals surface area (Å²) in [6.07, 6.45) is 11.7. The van der Waals surface area contributed by atoms with E-state index < -0.39 is 0 Å². The number of aryl methyl sites for hydroxylation is 1. The lowest BCUT2D eigenvalue weighted by molar-refractivity contribution is -0.116. The van der Waals surface area contributed by atoms with Crippen molar-refractivity contribution < 1.29 is 4.79 Å². The number of hydrogen-bond acceptors (Lipinski definition) is 3. The first-order valence-electron chi connectivity index (χ1n) is 12.1. The molecule has 1 saturated heterocycles. The highest BCUT2D eigenvalue weighted by Gasteiger charge is 2.40. The number of carbonyl (C=O) groups is 1. The molecule has 6 nitrogen and oxygen atoms in total. The van der Waals surface area contributed by atoms with E-state index >= 15 is 0 Å². The first-order chi connectivity index (χ1) is 16.6. The Balaban J connectivity index is 1.35. The van der Waals surface area contributed by atoms with Gasteiger partial charge < -0.3 is 20.1 Å². The van der Waals surface area contributed by atoms with Crippen LogP contribution >= 0.6 is 12.2 Å². The molecular formula is C27H31N5OS. The first-order valence-corrected chi connectivity index (χ1v) is 12.5. The second-order valence-electron chi connectivity index (χ2n) is 9.31. The van der Waals surface area contributed by atoms with E-state index in [1.54, 1.807) is 0 Å². The van der Waals surface area contributed by atoms with E-state index in [9.17, 15) is 4.79 Å². The molecule has 0 unspecified atom stereocenters. The molecule has 3 aromatic rings. The molecule has 5 rings (SSSR count). The Morgan fingerprint density at radius 3 is 2.68 bits per heavy atom. The number of nitrogens with one attached hydrogen (secondary N) is 2. The van der Waals surface area contributed by atoms with Crippen LogP contribution in [0.5, 0.6) is 0 Å². The summed E-state index contributed by atoms with van der Waals surface area (Å²) in [6, 6.07) is 16.5. The van der Waals surface area contributed by atoms with Gasteiger partial charge in [0.05, 0.1) is 17.8 Å². The summed E-state index contributed by atoms with van der Waals surface area (Å²) in [6.45, 7) is 2.57. The number of anilines is 1. The standard InChI is InChI=1S/C27H31N5OS/c1-19-9-11-21(12-10-19)29-24(33)14-17-32-26(20-13-16-31(18-20)22-6-2-3-7-22)25(30-27(32)34)23-8-4-5-15-28-23/h4-5,8-13,15-16,18,22,25-26H,2-3,6-7,14,17H2,1H3,(H,29,33)(H,30,34)/t25-,26+/m0/s1. The molecule has 2 atom stereocenters. The predicted molar refractivity (Wildman–Crippen MR) is 139 cm³/mol. The Labute approximate surface area is 206 Å². The zero-order valence-electron chi connectivity index (χ0n) is 19.5. The molecule has 3 heterocycles. The predicted octanol–water partition coefficient (Wildman–Crippen LogP) is 5.31. The molecule has 2 aliphatic rings. The van der Waals surface area contributed by atoms with Crippen LogP contribution < -0.4 is 10.6 Å². The molecule has 1 amide bonds. The normalized spacial score (nSPS) is 20.5. The van der Waals surface area contributed by atoms with Crippen molar-refractivity contribution in [2.24, 2.45) is 0 Å². The van der Waals surface area contributed by atoms with Crippen LogP contribution in [-0.2, 0) is 4.79 Å². The SMILES string of the molecule is Cc1ccc(NC(=O)CCN2C(=S)N[C@@H](c3ccccn3)[C@H]2c2ccn(C3CCCC3)c2)cc1. The lowest BCUT2D eigenvalue weighted by atomic mass is 9.99. The highest BCUT2D eigenvalue weighted by atomic mass is 32.1. The van der Waals surface area contributed by atoms with E-state index in [0.717, 1.165) is 11.4 Å². The average Bonchev–Trinajstić information content (AvgIpc) is 3.60. The monoisotopic (exact) mass is 473 g/mol. The van der Waals surface area contributed by atoms with Gasteiger partial charge in [0.15, 0.2) is 5.11 Å². The number of nitrogens with zero attached hydrogens (tertiary/aromatic N) is 3. The van der Waals surface area contributed by atoms with Crippen LogP contribution in [0.4, 0.5) is 5.69 Å². The molecule has 34 heavy (non-hydrogen) atoms. The van der Waals surface area contributed by atoms with Gasteiger partial charge in [0.2, 0.25) is 5.91 Å². The van der Waals surface area contributed by atoms with E-state index in [2.05, 4.69) is 43.5 Å². The number of rotatable bonds is 7. The Kier molecular flexibility index (Phi) is 6.63. The molecule has 2 aromatic heterocycles. The molecule has 1 aromatic carbocycles. The molecule has 0 spiro atoms. The largest absolute Gasteiger partial charge is 0.352 e. The van der Waals surface area contributed by atoms with Gasteiger partial charge in [-0.15, -0.1) is 0 Å². The van der Waals surface area contributed by atoms with E-state index in [1.807, 2.05) is 55.6 Å². The van der Waals surface area contributed by atoms with Crippen LogP contribution in [-0.4, -0.2) is 32.0 Å². The Morgan fingerprint density at radius 1 is 1.15 bits per heavy atom. The Hall–Kier alpha value is -3.19. The minimum atomic E-state index is -0.0618. The van der Waals surface area contributed by atoms with Crippen molar-refractivity contribution in [1.29, 1.82) is 0 Å². The van der Waals surface area contributed by atoms with Crippen molar-refractivity contribution in [2.45, 2.75) is 57.2 Å². The average molecular weight is 474 g/mol. The summed E-state index contributed by atoms with van der Waals surface area (Å²) in [5.74, 6) is -0.0183. The van der Waals surface area contributed by atoms with Gasteiger partial charge in [0.1, 0.15) is 0 Å². The molecule has 176 valence electrons. The van der Waals surface area contributed by atoms with Crippen molar-refractivity contribution in [1.82, 2.24) is 19.8 Å². The fraction of sp³-hybridized carbons (Fsp3) is 0.370. The fourth-order valence-corrected chi connectivity index (χ4v) is 5.46. The van der Waals surface area contributed by atoms with Crippen LogP contribution in [0.25, 0.3) is 0 Å². The zero-order valence-corrected chi connectivity index (χ0v) is 20.3. The number of carbonyl (C=O) groups excluding carboxylic acids is 1. The van der Waals surface area contributed by atoms with Gasteiger partial charge in [-0.3, -0.25) is 9.78 Å². The summed E-state index contributed by atoms with van der Waals surface area (Å²) in [7, 11) is 0. The number of aromatic nitrogens is 2. The third-order valence-corrected chi connectivity index (χ3v) is 7.29. The second kappa shape index (κ2) is 9.97. The van der Waals surface area contributed by atoms with Crippen molar-refractivity contribution in [3.63, 3.8) is 0 Å². The maximum absolute atomic E-state index is 12.7. The number of amides is 1. The number of thiocarbonyl (C=S) groups is 1. The Morgan fingerprint density at radius 2 is 1.94 bits per heavy atom. The van der Waals surface area contributed by atoms with Crippen LogP contribution in [0.1, 0.15) is 67.1 Å². The second-order valence-corrected chi connectivity index (χ2v) is 9.70. The molecule has 0 bridgehead atoms. The molecule has 1 aliphatic carbocycles. The third-order valence-electron chi connectivity index (χ3n) is 6.94. The quantitative estimate of drug-likeness (QED) is 0.456. The molecular weight excluding hydrogens is 442 g/mol. The van der Waals surface area contributed by atoms with Gasteiger partial charge in [-0.1, -0.05) is 36.6 Å². The minimum absolute atomic E-state index is 0.0165. The highest BCUT2D eigenvalue weighted by Crippen LogP contribution is 2.40. The fourth-order valence-electron chi connectivity index (χ4n) is 5.13. The number of benzene rings is 1. The molecule has 2 N–H and O–H groups in total. The molecule has 2 fully saturated rings. The molecule has 1 aliphatic heterocycles. The maximum Gasteiger partial charge on any atom is 0.226 e. The topological polar surface area (TPSA) is 62.2 Å². The minimum Gasteiger partial charge on any atom is -0.352 e. The van der Waals surface area contributed by atoms with Crippen LogP contribution in [0.15, 0.2) is 67.1 Å². The first kappa shape index (κ1) is 22.6. The summed E-state index contributed by atoms with van der Waals surface area (Å²) in [5, 5.41) is 7.15. The Bertz CT molecular complexity index is 1140. The molecule has 0 radical (unpaired) electrons. The zero-order chi connectivity index (χ0) is 23.5. The summed E-state index contributed by atoms with van der Waals surface area (Å²) >= 11 is 5.75. The van der Waals surface area contributed by atoms with Gasteiger partial charge in [0, 0.05) is 43.3 Å². The third kappa shape index (κ3) is 4.85. The lowest BCUT2D eigenvalue weighted by Gasteiger charge is -2.27. The number of hydrogen-bond donors (Lipinski definition) is 2. The lowest BCUT2D eigenvalue weighted by Crippen LogP contribution is -2.32.